The summed E-state index contributed by atoms with van der Waals surface area (Å²) in [6.45, 7) is 0. The van der Waals surface area contributed by atoms with Crippen molar-refractivity contribution in [2.75, 3.05) is 20.0 Å². The van der Waals surface area contributed by atoms with Crippen LogP contribution in [0.4, 0.5) is 5.82 Å². The number of ether oxygens (including phenoxy) is 2. The van der Waals surface area contributed by atoms with E-state index in [-0.39, 0.29) is 0 Å². The van der Waals surface area contributed by atoms with Gasteiger partial charge in [0.25, 0.3) is 0 Å². The van der Waals surface area contributed by atoms with Crippen molar-refractivity contribution in [1.82, 2.24) is 9.97 Å². The number of nitrogens with zero attached hydrogens (tertiary/aromatic N) is 2. The summed E-state index contributed by atoms with van der Waals surface area (Å²) in [7, 11) is 3.27. The van der Waals surface area contributed by atoms with Crippen LogP contribution in [0.3, 0.4) is 0 Å². The second-order valence-electron chi connectivity index (χ2n) is 4.95. The van der Waals surface area contributed by atoms with Crippen molar-refractivity contribution in [2.24, 2.45) is 0 Å². The van der Waals surface area contributed by atoms with Gasteiger partial charge in [-0.3, -0.25) is 0 Å². The average Bonchev–Trinajstić information content (AvgIpc) is 2.62. The first-order valence-corrected chi connectivity index (χ1v) is 7.12. The normalized spacial score (nSPS) is 10.3. The maximum Gasteiger partial charge on any atom is 0.150 e. The lowest BCUT2D eigenvalue weighted by Crippen LogP contribution is -1.99. The summed E-state index contributed by atoms with van der Waals surface area (Å²) in [5.41, 5.74) is 9.25. The predicted molar refractivity (Wildman–Crippen MR) is 90.4 cm³/mol. The molecule has 0 aliphatic carbocycles. The Morgan fingerprint density at radius 3 is 1.83 bits per heavy atom. The molecule has 0 saturated carbocycles. The zero-order valence-corrected chi connectivity index (χ0v) is 13.0. The van der Waals surface area contributed by atoms with Crippen LogP contribution in [0.25, 0.3) is 22.5 Å². The van der Waals surface area contributed by atoms with E-state index < -0.39 is 0 Å². The van der Waals surface area contributed by atoms with E-state index in [0.29, 0.717) is 11.5 Å². The summed E-state index contributed by atoms with van der Waals surface area (Å²) in [4.78, 5) is 8.92. The quantitative estimate of drug-likeness (QED) is 0.800. The smallest absolute Gasteiger partial charge is 0.150 e. The second-order valence-corrected chi connectivity index (χ2v) is 4.95. The van der Waals surface area contributed by atoms with Gasteiger partial charge in [-0.05, 0) is 48.5 Å². The van der Waals surface area contributed by atoms with E-state index in [2.05, 4.69) is 9.97 Å². The van der Waals surface area contributed by atoms with Crippen LogP contribution >= 0.6 is 0 Å². The van der Waals surface area contributed by atoms with E-state index in [0.717, 1.165) is 28.3 Å². The largest absolute Gasteiger partial charge is 0.497 e. The van der Waals surface area contributed by atoms with Crippen molar-refractivity contribution in [1.29, 1.82) is 0 Å². The van der Waals surface area contributed by atoms with Gasteiger partial charge in [0.1, 0.15) is 23.0 Å². The highest BCUT2D eigenvalue weighted by molar-refractivity contribution is 5.73. The Morgan fingerprint density at radius 2 is 1.30 bits per heavy atom. The molecule has 0 fully saturated rings. The molecule has 1 heterocycles. The van der Waals surface area contributed by atoms with Gasteiger partial charge in [0.05, 0.1) is 26.1 Å². The molecule has 0 saturated heterocycles. The molecule has 5 nitrogen and oxygen atoms in total. The van der Waals surface area contributed by atoms with Gasteiger partial charge in [0.2, 0.25) is 0 Å². The molecule has 0 aliphatic heterocycles. The van der Waals surface area contributed by atoms with Gasteiger partial charge in [-0.25, -0.2) is 9.97 Å². The molecule has 0 bridgehead atoms. The number of anilines is 1. The molecule has 3 aromatic rings. The van der Waals surface area contributed by atoms with Crippen molar-refractivity contribution in [3.63, 3.8) is 0 Å². The molecule has 0 amide bonds. The number of benzene rings is 2. The van der Waals surface area contributed by atoms with Gasteiger partial charge >= 0.3 is 0 Å². The van der Waals surface area contributed by atoms with Crippen molar-refractivity contribution in [2.45, 2.75) is 0 Å². The first-order chi connectivity index (χ1) is 11.2. The third-order valence-corrected chi connectivity index (χ3v) is 3.55. The molecule has 0 spiro atoms. The molecule has 3 rings (SSSR count). The van der Waals surface area contributed by atoms with E-state index in [1.54, 1.807) is 20.4 Å². The number of nitrogen functional groups attached to an aromatic ring is 1. The molecule has 2 aromatic carbocycles. The van der Waals surface area contributed by atoms with Crippen LogP contribution < -0.4 is 15.2 Å². The van der Waals surface area contributed by atoms with Crippen molar-refractivity contribution in [3.8, 4) is 34.0 Å². The van der Waals surface area contributed by atoms with E-state index in [1.807, 2.05) is 48.5 Å². The summed E-state index contributed by atoms with van der Waals surface area (Å²) in [6, 6.07) is 15.2. The first-order valence-electron chi connectivity index (χ1n) is 7.12. The fraction of sp³-hybridized carbons (Fsp3) is 0.111. The maximum atomic E-state index is 5.99. The van der Waals surface area contributed by atoms with Gasteiger partial charge in [-0.1, -0.05) is 0 Å². The summed E-state index contributed by atoms with van der Waals surface area (Å²) in [6.07, 6.45) is 1.67. The first kappa shape index (κ1) is 14.8. The fourth-order valence-corrected chi connectivity index (χ4v) is 2.26. The summed E-state index contributed by atoms with van der Waals surface area (Å²) >= 11 is 0. The standard InChI is InChI=1S/C18H17N3O2/c1-22-14-7-3-12(4-8-14)16-11-20-18(19)17(21-16)13-5-9-15(23-2)10-6-13/h3-11H,1-2H3,(H2,19,20). The molecule has 0 radical (unpaired) electrons. The van der Waals surface area contributed by atoms with Crippen LogP contribution in [0.1, 0.15) is 0 Å². The zero-order valence-electron chi connectivity index (χ0n) is 13.0. The van der Waals surface area contributed by atoms with Crippen LogP contribution in [0.2, 0.25) is 0 Å². The molecule has 0 aliphatic rings. The number of rotatable bonds is 4. The van der Waals surface area contributed by atoms with E-state index in [1.165, 1.54) is 0 Å². The van der Waals surface area contributed by atoms with Crippen molar-refractivity contribution < 1.29 is 9.47 Å². The highest BCUT2D eigenvalue weighted by atomic mass is 16.5. The Labute approximate surface area is 134 Å². The summed E-state index contributed by atoms with van der Waals surface area (Å²) in [5, 5.41) is 0. The lowest BCUT2D eigenvalue weighted by molar-refractivity contribution is 0.415. The number of hydrogen-bond donors (Lipinski definition) is 1. The van der Waals surface area contributed by atoms with Crippen LogP contribution in [0.5, 0.6) is 11.5 Å². The number of methoxy groups -OCH3 is 2. The Hall–Kier alpha value is -3.08. The second kappa shape index (κ2) is 6.36. The SMILES string of the molecule is COc1ccc(-c2cnc(N)c(-c3ccc(OC)cc3)n2)cc1. The summed E-state index contributed by atoms with van der Waals surface area (Å²) < 4.78 is 10.3. The highest BCUT2D eigenvalue weighted by Gasteiger charge is 2.09. The third kappa shape index (κ3) is 3.08. The van der Waals surface area contributed by atoms with E-state index >= 15 is 0 Å². The maximum absolute atomic E-state index is 5.99. The molecular weight excluding hydrogens is 290 g/mol. The highest BCUT2D eigenvalue weighted by Crippen LogP contribution is 2.28. The Bertz CT molecular complexity index is 800. The van der Waals surface area contributed by atoms with Gasteiger partial charge in [-0.2, -0.15) is 0 Å². The van der Waals surface area contributed by atoms with Gasteiger partial charge < -0.3 is 15.2 Å². The number of nitrogens with two attached hydrogens (primary N) is 1. The predicted octanol–water partition coefficient (Wildman–Crippen LogP) is 3.41. The molecule has 1 aromatic heterocycles. The third-order valence-electron chi connectivity index (χ3n) is 3.55. The van der Waals surface area contributed by atoms with E-state index in [9.17, 15) is 0 Å². The zero-order chi connectivity index (χ0) is 16.2. The number of hydrogen-bond acceptors (Lipinski definition) is 5. The van der Waals surface area contributed by atoms with Gasteiger partial charge in [0.15, 0.2) is 0 Å². The Morgan fingerprint density at radius 1 is 0.783 bits per heavy atom. The van der Waals surface area contributed by atoms with E-state index in [4.69, 9.17) is 15.2 Å². The monoisotopic (exact) mass is 307 g/mol. The molecule has 23 heavy (non-hydrogen) atoms. The van der Waals surface area contributed by atoms with Crippen LogP contribution in [-0.2, 0) is 0 Å². The van der Waals surface area contributed by atoms with Gasteiger partial charge in [-0.15, -0.1) is 0 Å². The average molecular weight is 307 g/mol. The molecule has 116 valence electrons. The lowest BCUT2D eigenvalue weighted by Gasteiger charge is -2.08. The fourth-order valence-electron chi connectivity index (χ4n) is 2.26. The minimum atomic E-state index is 0.396. The minimum absolute atomic E-state index is 0.396. The van der Waals surface area contributed by atoms with Gasteiger partial charge in [0, 0.05) is 11.1 Å². The van der Waals surface area contributed by atoms with Crippen molar-refractivity contribution in [3.05, 3.63) is 54.7 Å². The van der Waals surface area contributed by atoms with Crippen molar-refractivity contribution >= 4 is 5.82 Å². The Kier molecular flexibility index (Phi) is 4.10. The minimum Gasteiger partial charge on any atom is -0.497 e. The van der Waals surface area contributed by atoms with Crippen LogP contribution in [0, 0.1) is 0 Å². The number of aromatic nitrogens is 2. The molecule has 2 N–H and O–H groups in total. The van der Waals surface area contributed by atoms with Crippen LogP contribution in [0.15, 0.2) is 54.7 Å². The molecule has 5 heteroatoms. The van der Waals surface area contributed by atoms with Crippen LogP contribution in [-0.4, -0.2) is 24.2 Å². The molecular formula is C18H17N3O2. The Balaban J connectivity index is 2.00. The summed E-state index contributed by atoms with van der Waals surface area (Å²) in [5.74, 6) is 1.98. The lowest BCUT2D eigenvalue weighted by atomic mass is 10.1. The molecule has 0 unspecified atom stereocenters. The topological polar surface area (TPSA) is 70.3 Å². The molecule has 0 atom stereocenters.